The standard InChI is InChI=1S/C20H40N4O4/c1-5-6-7-8-13(2)24-12-22-18-14(17(24)21)9-10-23(18)19-16(25)20(3,26)15(28-19)11-27-4/h13-19,22,25-26H,5-12,21H2,1-4H3/t13?,14?,15-,16+,17?,18?,19-,20-/m1/s1. The summed E-state index contributed by atoms with van der Waals surface area (Å²) in [6.07, 6.45) is 3.77. The van der Waals surface area contributed by atoms with Gasteiger partial charge in [0.2, 0.25) is 0 Å². The molecule has 0 saturated carbocycles. The van der Waals surface area contributed by atoms with Crippen molar-refractivity contribution in [3.05, 3.63) is 0 Å². The molecule has 28 heavy (non-hydrogen) atoms. The van der Waals surface area contributed by atoms with Crippen LogP contribution < -0.4 is 11.1 Å². The van der Waals surface area contributed by atoms with Gasteiger partial charge in [0.15, 0.2) is 0 Å². The molecule has 3 saturated heterocycles. The average molecular weight is 401 g/mol. The van der Waals surface area contributed by atoms with Gasteiger partial charge in [-0.05, 0) is 26.7 Å². The number of nitrogens with one attached hydrogen (secondary N) is 1. The van der Waals surface area contributed by atoms with Gasteiger partial charge in [0.25, 0.3) is 0 Å². The molecule has 3 heterocycles. The van der Waals surface area contributed by atoms with Gasteiger partial charge in [-0.15, -0.1) is 0 Å². The number of fused-ring (bicyclic) bond motifs is 1. The van der Waals surface area contributed by atoms with Crippen molar-refractivity contribution in [1.82, 2.24) is 15.1 Å². The fraction of sp³-hybridized carbons (Fsp3) is 1.00. The molecule has 5 N–H and O–H groups in total. The summed E-state index contributed by atoms with van der Waals surface area (Å²) < 4.78 is 11.2. The molecule has 0 bridgehead atoms. The van der Waals surface area contributed by atoms with Crippen LogP contribution in [-0.2, 0) is 9.47 Å². The second kappa shape index (κ2) is 9.22. The van der Waals surface area contributed by atoms with Crippen molar-refractivity contribution in [2.45, 2.75) is 95.3 Å². The van der Waals surface area contributed by atoms with E-state index in [-0.39, 0.29) is 24.9 Å². The zero-order valence-corrected chi connectivity index (χ0v) is 17.9. The minimum atomic E-state index is -1.34. The Morgan fingerprint density at radius 3 is 2.82 bits per heavy atom. The van der Waals surface area contributed by atoms with Crippen molar-refractivity contribution in [2.24, 2.45) is 11.7 Å². The lowest BCUT2D eigenvalue weighted by atomic mass is 9.94. The van der Waals surface area contributed by atoms with E-state index in [1.54, 1.807) is 14.0 Å². The second-order valence-corrected chi connectivity index (χ2v) is 8.99. The van der Waals surface area contributed by atoms with Gasteiger partial charge in [0.05, 0.1) is 25.6 Å². The number of aliphatic hydroxyl groups is 2. The van der Waals surface area contributed by atoms with E-state index in [1.165, 1.54) is 19.3 Å². The molecule has 0 aliphatic carbocycles. The Morgan fingerprint density at radius 1 is 1.39 bits per heavy atom. The highest BCUT2D eigenvalue weighted by atomic mass is 16.6. The fourth-order valence-corrected chi connectivity index (χ4v) is 5.09. The molecule has 0 aromatic heterocycles. The van der Waals surface area contributed by atoms with Crippen LogP contribution in [0.15, 0.2) is 0 Å². The minimum Gasteiger partial charge on any atom is -0.386 e. The van der Waals surface area contributed by atoms with Gasteiger partial charge in [-0.25, -0.2) is 0 Å². The Bertz CT molecular complexity index is 509. The van der Waals surface area contributed by atoms with Crippen molar-refractivity contribution in [3.8, 4) is 0 Å². The van der Waals surface area contributed by atoms with Gasteiger partial charge >= 0.3 is 0 Å². The first-order valence-electron chi connectivity index (χ1n) is 10.9. The SMILES string of the molecule is CCCCCC(C)N1CNC2C(CCN2[C@@H]2O[C@H](COC)[C@@](C)(O)[C@H]2O)C1N. The van der Waals surface area contributed by atoms with Gasteiger partial charge < -0.3 is 25.4 Å². The van der Waals surface area contributed by atoms with Crippen LogP contribution in [0.25, 0.3) is 0 Å². The van der Waals surface area contributed by atoms with E-state index in [4.69, 9.17) is 15.2 Å². The molecule has 3 aliphatic rings. The number of nitrogens with zero attached hydrogens (tertiary/aromatic N) is 2. The predicted octanol–water partition coefficient (Wildman–Crippen LogP) is 0.234. The van der Waals surface area contributed by atoms with Gasteiger partial charge in [-0.2, -0.15) is 0 Å². The number of hydrogen-bond donors (Lipinski definition) is 4. The van der Waals surface area contributed by atoms with E-state index in [1.807, 2.05) is 0 Å². The molecule has 4 unspecified atom stereocenters. The third-order valence-corrected chi connectivity index (χ3v) is 7.05. The molecule has 8 heteroatoms. The molecule has 3 aliphatic heterocycles. The molecule has 0 aromatic rings. The summed E-state index contributed by atoms with van der Waals surface area (Å²) in [6.45, 7) is 7.87. The Labute approximate surface area is 169 Å². The monoisotopic (exact) mass is 400 g/mol. The summed E-state index contributed by atoms with van der Waals surface area (Å²) in [4.78, 5) is 4.51. The van der Waals surface area contributed by atoms with Gasteiger partial charge in [-0.3, -0.25) is 15.1 Å². The van der Waals surface area contributed by atoms with Crippen molar-refractivity contribution in [3.63, 3.8) is 0 Å². The maximum absolute atomic E-state index is 10.7. The number of methoxy groups -OCH3 is 1. The zero-order chi connectivity index (χ0) is 20.5. The number of unbranched alkanes of at least 4 members (excludes halogenated alkanes) is 2. The second-order valence-electron chi connectivity index (χ2n) is 8.99. The summed E-state index contributed by atoms with van der Waals surface area (Å²) >= 11 is 0. The molecule has 0 aromatic carbocycles. The average Bonchev–Trinajstić information content (AvgIpc) is 3.17. The van der Waals surface area contributed by atoms with Crippen LogP contribution in [0.4, 0.5) is 0 Å². The van der Waals surface area contributed by atoms with Crippen molar-refractivity contribution in [2.75, 3.05) is 26.9 Å². The molecule has 164 valence electrons. The van der Waals surface area contributed by atoms with Crippen molar-refractivity contribution < 1.29 is 19.7 Å². The van der Waals surface area contributed by atoms with Gasteiger partial charge in [-0.1, -0.05) is 26.2 Å². The normalized spacial score (nSPS) is 43.4. The summed E-state index contributed by atoms with van der Waals surface area (Å²) in [6, 6.07) is 0.448. The van der Waals surface area contributed by atoms with Crippen LogP contribution in [0.5, 0.6) is 0 Å². The van der Waals surface area contributed by atoms with E-state index >= 15 is 0 Å². The van der Waals surface area contributed by atoms with Crippen LogP contribution in [0.2, 0.25) is 0 Å². The largest absolute Gasteiger partial charge is 0.386 e. The third kappa shape index (κ3) is 4.11. The maximum atomic E-state index is 10.7. The van der Waals surface area contributed by atoms with Crippen LogP contribution in [0.1, 0.15) is 52.9 Å². The Hall–Kier alpha value is -0.320. The molecular formula is C20H40N4O4. The van der Waals surface area contributed by atoms with Crippen molar-refractivity contribution in [1.29, 1.82) is 0 Å². The van der Waals surface area contributed by atoms with Crippen molar-refractivity contribution >= 4 is 0 Å². The van der Waals surface area contributed by atoms with Crippen LogP contribution >= 0.6 is 0 Å². The molecule has 3 fully saturated rings. The first-order chi connectivity index (χ1) is 13.3. The highest BCUT2D eigenvalue weighted by molar-refractivity contribution is 5.04. The minimum absolute atomic E-state index is 0.0123. The first kappa shape index (κ1) is 22.4. The third-order valence-electron chi connectivity index (χ3n) is 7.05. The number of aliphatic hydroxyl groups excluding tert-OH is 1. The van der Waals surface area contributed by atoms with E-state index in [0.717, 1.165) is 26.1 Å². The van der Waals surface area contributed by atoms with Crippen LogP contribution in [0, 0.1) is 5.92 Å². The lowest BCUT2D eigenvalue weighted by Crippen LogP contribution is -2.67. The number of hydrogen-bond acceptors (Lipinski definition) is 8. The lowest BCUT2D eigenvalue weighted by Gasteiger charge is -2.47. The smallest absolute Gasteiger partial charge is 0.141 e. The van der Waals surface area contributed by atoms with Gasteiger partial charge in [0.1, 0.15) is 24.0 Å². The Kier molecular flexibility index (Phi) is 7.37. The Balaban J connectivity index is 1.63. The number of likely N-dealkylation sites (tertiary alicyclic amines) is 1. The van der Waals surface area contributed by atoms with Gasteiger partial charge in [0, 0.05) is 25.6 Å². The molecule has 8 atom stereocenters. The molecular weight excluding hydrogens is 360 g/mol. The first-order valence-corrected chi connectivity index (χ1v) is 10.9. The van der Waals surface area contributed by atoms with E-state index in [9.17, 15) is 10.2 Å². The quantitative estimate of drug-likeness (QED) is 0.430. The molecule has 0 amide bonds. The van der Waals surface area contributed by atoms with Crippen LogP contribution in [-0.4, -0.2) is 89.4 Å². The summed E-state index contributed by atoms with van der Waals surface area (Å²) in [5.41, 5.74) is 5.34. The van der Waals surface area contributed by atoms with Crippen LogP contribution in [0.3, 0.4) is 0 Å². The summed E-state index contributed by atoms with van der Waals surface area (Å²) in [7, 11) is 1.57. The molecule has 3 rings (SSSR count). The van der Waals surface area contributed by atoms with E-state index in [2.05, 4.69) is 29.0 Å². The topological polar surface area (TPSA) is 103 Å². The maximum Gasteiger partial charge on any atom is 0.141 e. The highest BCUT2D eigenvalue weighted by Crippen LogP contribution is 2.39. The zero-order valence-electron chi connectivity index (χ0n) is 17.9. The Morgan fingerprint density at radius 2 is 2.14 bits per heavy atom. The fourth-order valence-electron chi connectivity index (χ4n) is 5.09. The molecule has 0 spiro atoms. The summed E-state index contributed by atoms with van der Waals surface area (Å²) in [5.74, 6) is 0.268. The molecule has 0 radical (unpaired) electrons. The molecule has 8 nitrogen and oxygen atoms in total. The predicted molar refractivity (Wildman–Crippen MR) is 107 cm³/mol. The lowest BCUT2D eigenvalue weighted by molar-refractivity contribution is -0.123. The highest BCUT2D eigenvalue weighted by Gasteiger charge is 2.57. The van der Waals surface area contributed by atoms with E-state index in [0.29, 0.717) is 6.04 Å². The van der Waals surface area contributed by atoms with E-state index < -0.39 is 24.0 Å². The number of rotatable bonds is 8. The summed E-state index contributed by atoms with van der Waals surface area (Å²) in [5, 5.41) is 25.1. The number of ether oxygens (including phenoxy) is 2. The number of nitrogens with two attached hydrogens (primary N) is 1.